The number of benzene rings is 13. The lowest BCUT2D eigenvalue weighted by Gasteiger charge is -2.26. The van der Waals surface area contributed by atoms with Crippen molar-refractivity contribution in [3.8, 4) is 11.5 Å². The molecule has 5 heteroatoms. The third-order valence-corrected chi connectivity index (χ3v) is 16.6. The maximum absolute atomic E-state index is 11.9. The van der Waals surface area contributed by atoms with Crippen molar-refractivity contribution in [2.45, 2.75) is 6.92 Å². The Morgan fingerprint density at radius 2 is 0.436 bits per heavy atom. The normalized spacial score (nSPS) is 11.3. The lowest BCUT2D eigenvalue weighted by Crippen LogP contribution is -2.10. The van der Waals surface area contributed by atoms with E-state index < -0.39 is 0 Å². The highest BCUT2D eigenvalue weighted by Gasteiger charge is 2.18. The topological polar surface area (TPSA) is 42.0 Å². The van der Waals surface area contributed by atoms with Crippen molar-refractivity contribution in [3.05, 3.63) is 419 Å². The van der Waals surface area contributed by atoms with Gasteiger partial charge in [-0.15, -0.1) is 0 Å². The predicted molar refractivity (Wildman–Crippen MR) is 393 cm³/mol. The van der Waals surface area contributed by atoms with Crippen molar-refractivity contribution >= 4 is 86.7 Å². The Hall–Kier alpha value is -12.3. The fourth-order valence-electron chi connectivity index (χ4n) is 11.9. The molecule has 0 N–H and O–H groups in total. The van der Waals surface area contributed by atoms with Crippen molar-refractivity contribution in [1.29, 1.82) is 0 Å². The molecule has 0 aliphatic carbocycles. The summed E-state index contributed by atoms with van der Waals surface area (Å²) in [6, 6.07) is 123. The summed E-state index contributed by atoms with van der Waals surface area (Å²) in [5.74, 6) is 0.929. The van der Waals surface area contributed by atoms with Crippen LogP contribution in [-0.2, 0) is 4.79 Å². The zero-order valence-corrected chi connectivity index (χ0v) is 52.4. The number of methoxy groups -OCH3 is 1. The third-order valence-electron chi connectivity index (χ3n) is 16.6. The van der Waals surface area contributed by atoms with Gasteiger partial charge in [-0.3, -0.25) is 4.79 Å². The largest absolute Gasteiger partial charge is 0.497 e. The second kappa shape index (κ2) is 29.1. The first-order valence-electron chi connectivity index (χ1n) is 31.6. The molecule has 0 aliphatic rings. The van der Waals surface area contributed by atoms with E-state index in [0.717, 1.165) is 112 Å². The van der Waals surface area contributed by atoms with Gasteiger partial charge in [-0.05, 0) is 210 Å². The fraction of sp³-hybridized carbons (Fsp3) is 0.0225. The minimum absolute atomic E-state index is 0.362. The summed E-state index contributed by atoms with van der Waals surface area (Å²) in [4.78, 5) is 16.4. The van der Waals surface area contributed by atoms with E-state index >= 15 is 0 Å². The Morgan fingerprint density at radius 1 is 0.245 bits per heavy atom. The van der Waals surface area contributed by atoms with Crippen LogP contribution in [0, 0.1) is 0 Å². The van der Waals surface area contributed by atoms with Gasteiger partial charge in [-0.2, -0.15) is 0 Å². The van der Waals surface area contributed by atoms with Crippen LogP contribution in [0.2, 0.25) is 0 Å². The second-order valence-electron chi connectivity index (χ2n) is 22.8. The number of ether oxygens (including phenoxy) is 2. The second-order valence-corrected chi connectivity index (χ2v) is 22.8. The van der Waals surface area contributed by atoms with Crippen molar-refractivity contribution in [2.24, 2.45) is 0 Å². The van der Waals surface area contributed by atoms with Crippen LogP contribution in [0.15, 0.2) is 352 Å². The molecule has 13 aromatic carbocycles. The number of nitrogens with zero attached hydrogens (tertiary/aromatic N) is 2. The van der Waals surface area contributed by atoms with Gasteiger partial charge in [0.2, 0.25) is 0 Å². The molecule has 0 spiro atoms. The number of carbonyl (C=O) groups excluding carboxylic acids is 1. The quantitative estimate of drug-likeness (QED) is 0.0432. The van der Waals surface area contributed by atoms with Gasteiger partial charge in [-0.25, -0.2) is 0 Å². The highest BCUT2D eigenvalue weighted by atomic mass is 16.5. The first-order chi connectivity index (χ1) is 46.3. The van der Waals surface area contributed by atoms with Crippen LogP contribution in [-0.4, -0.2) is 13.1 Å². The Labute approximate surface area is 551 Å². The minimum Gasteiger partial charge on any atom is -0.497 e. The molecule has 0 radical (unpaired) electrons. The highest BCUT2D eigenvalue weighted by molar-refractivity contribution is 5.96. The summed E-state index contributed by atoms with van der Waals surface area (Å²) in [5.41, 5.74) is 23.9. The van der Waals surface area contributed by atoms with E-state index in [1.54, 1.807) is 7.11 Å². The number of esters is 1. The maximum atomic E-state index is 11.9. The standard InChI is InChI=1S/C89H68N2O3/c1-65(92)94-85-59-55-83(56-60-85)91(80-47-35-67(36-48-80)62-87(72-25-13-5-14-26-72)73-27-15-6-16-28-73)81-51-39-69(40-52-81)64-89(75-31-19-8-20-32-75)77-43-41-76(42-44-77)88(74-29-17-7-18-30-74)63-68-37-49-79(50-38-68)90(82-53-57-84(93-2)58-54-82)78-45-33-66(34-46-78)61-86(70-21-9-3-10-22-70)71-23-11-4-12-24-71/h3-64H,1-2H3. The predicted octanol–water partition coefficient (Wildman–Crippen LogP) is 22.9. The summed E-state index contributed by atoms with van der Waals surface area (Å²) in [7, 11) is 1.70. The maximum Gasteiger partial charge on any atom is 0.308 e. The average Bonchev–Trinajstić information content (AvgIpc) is 0.879. The molecule has 94 heavy (non-hydrogen) atoms. The molecule has 0 unspecified atom stereocenters. The number of hydrogen-bond donors (Lipinski definition) is 0. The molecule has 0 aliphatic heterocycles. The summed E-state index contributed by atoms with van der Waals surface area (Å²) in [6.45, 7) is 1.42. The average molecular weight is 1210 g/mol. The monoisotopic (exact) mass is 1210 g/mol. The lowest BCUT2D eigenvalue weighted by atomic mass is 9.91. The first-order valence-corrected chi connectivity index (χ1v) is 31.6. The van der Waals surface area contributed by atoms with E-state index in [0.29, 0.717) is 5.75 Å². The molecule has 0 bridgehead atoms. The molecule has 0 heterocycles. The summed E-state index contributed by atoms with van der Waals surface area (Å²) in [5, 5.41) is 0. The van der Waals surface area contributed by atoms with Gasteiger partial charge in [0.15, 0.2) is 0 Å². The molecule has 0 amide bonds. The van der Waals surface area contributed by atoms with Crippen molar-refractivity contribution in [3.63, 3.8) is 0 Å². The fourth-order valence-corrected chi connectivity index (χ4v) is 11.9. The van der Waals surface area contributed by atoms with Gasteiger partial charge in [0, 0.05) is 41.0 Å². The van der Waals surface area contributed by atoms with E-state index in [1.807, 2.05) is 48.5 Å². The number of carbonyl (C=O) groups is 1. The molecular formula is C89H68N2O3. The Morgan fingerprint density at radius 3 is 0.638 bits per heavy atom. The van der Waals surface area contributed by atoms with Crippen LogP contribution in [0.1, 0.15) is 73.7 Å². The smallest absolute Gasteiger partial charge is 0.308 e. The van der Waals surface area contributed by atoms with Crippen molar-refractivity contribution < 1.29 is 14.3 Å². The number of hydrogen-bond acceptors (Lipinski definition) is 5. The van der Waals surface area contributed by atoms with Crippen LogP contribution in [0.4, 0.5) is 34.1 Å². The molecule has 5 nitrogen and oxygen atoms in total. The SMILES string of the molecule is COc1ccc(N(c2ccc(C=C(c3ccccc3)c3ccccc3)cc2)c2ccc(C=C(c3ccccc3)c3ccc(C(=Cc4ccc(N(c5ccc(C=C(c6ccccc6)c6ccccc6)cc5)c5ccc(OC(C)=O)cc5)cc4)c4ccccc4)cc3)cc2)cc1. The minimum atomic E-state index is -0.362. The van der Waals surface area contributed by atoms with Crippen molar-refractivity contribution in [1.82, 2.24) is 0 Å². The molecule has 0 atom stereocenters. The van der Waals surface area contributed by atoms with Crippen LogP contribution >= 0.6 is 0 Å². The van der Waals surface area contributed by atoms with E-state index in [9.17, 15) is 4.79 Å². The molecule has 13 rings (SSSR count). The van der Waals surface area contributed by atoms with E-state index in [-0.39, 0.29) is 5.97 Å². The molecule has 0 saturated carbocycles. The summed E-state index contributed by atoms with van der Waals surface area (Å²) >= 11 is 0. The van der Waals surface area contributed by atoms with Gasteiger partial charge in [0.1, 0.15) is 11.5 Å². The first kappa shape index (κ1) is 60.6. The highest BCUT2D eigenvalue weighted by Crippen LogP contribution is 2.40. The molecule has 13 aromatic rings. The Kier molecular flexibility index (Phi) is 18.8. The van der Waals surface area contributed by atoms with Gasteiger partial charge in [0.25, 0.3) is 0 Å². The van der Waals surface area contributed by atoms with Gasteiger partial charge >= 0.3 is 5.97 Å². The zero-order chi connectivity index (χ0) is 63.8. The zero-order valence-electron chi connectivity index (χ0n) is 52.4. The van der Waals surface area contributed by atoms with Gasteiger partial charge in [0.05, 0.1) is 7.11 Å². The Bertz CT molecular complexity index is 4660. The third kappa shape index (κ3) is 14.6. The number of rotatable bonds is 20. The molecule has 0 aromatic heterocycles. The van der Waals surface area contributed by atoms with Crippen LogP contribution in [0.25, 0.3) is 46.6 Å². The molecule has 452 valence electrons. The van der Waals surface area contributed by atoms with E-state index in [4.69, 9.17) is 9.47 Å². The number of anilines is 6. The Balaban J connectivity index is 0.800. The molecule has 0 fully saturated rings. The van der Waals surface area contributed by atoms with Gasteiger partial charge < -0.3 is 19.3 Å². The van der Waals surface area contributed by atoms with Gasteiger partial charge in [-0.1, -0.05) is 255 Å². The van der Waals surface area contributed by atoms with Crippen molar-refractivity contribution in [2.75, 3.05) is 16.9 Å². The summed E-state index contributed by atoms with van der Waals surface area (Å²) in [6.07, 6.45) is 9.08. The molecule has 0 saturated heterocycles. The molecular weight excluding hydrogens is 1140 g/mol. The van der Waals surface area contributed by atoms with Crippen LogP contribution in [0.3, 0.4) is 0 Å². The van der Waals surface area contributed by atoms with E-state index in [2.05, 4.69) is 337 Å². The summed E-state index contributed by atoms with van der Waals surface area (Å²) < 4.78 is 11.1. The van der Waals surface area contributed by atoms with E-state index in [1.165, 1.54) is 23.6 Å². The van der Waals surface area contributed by atoms with Crippen LogP contribution in [0.5, 0.6) is 11.5 Å². The lowest BCUT2D eigenvalue weighted by molar-refractivity contribution is -0.131. The van der Waals surface area contributed by atoms with Crippen LogP contribution < -0.4 is 19.3 Å².